The molecule has 1 aliphatic rings. The van der Waals surface area contributed by atoms with Crippen molar-refractivity contribution in [2.75, 3.05) is 26.2 Å². The molecule has 1 aliphatic heterocycles. The maximum atomic E-state index is 12.6. The van der Waals surface area contributed by atoms with Gasteiger partial charge in [-0.3, -0.25) is 19.8 Å². The minimum Gasteiger partial charge on any atom is -0.392 e. The molecule has 2 atom stereocenters. The van der Waals surface area contributed by atoms with Crippen molar-refractivity contribution < 1.29 is 14.8 Å². The van der Waals surface area contributed by atoms with Gasteiger partial charge in [-0.05, 0) is 19.9 Å². The third-order valence-electron chi connectivity index (χ3n) is 3.84. The number of piperazine rings is 1. The second kappa shape index (κ2) is 7.25. The number of hydrogen-bond acceptors (Lipinski definition) is 5. The van der Waals surface area contributed by atoms with E-state index in [0.717, 1.165) is 0 Å². The maximum Gasteiger partial charge on any atom is 0.271 e. The Morgan fingerprint density at radius 3 is 2.74 bits per heavy atom. The van der Waals surface area contributed by atoms with Gasteiger partial charge in [-0.1, -0.05) is 11.6 Å². The zero-order valence-corrected chi connectivity index (χ0v) is 13.9. The van der Waals surface area contributed by atoms with Crippen molar-refractivity contribution in [2.24, 2.45) is 0 Å². The summed E-state index contributed by atoms with van der Waals surface area (Å²) in [4.78, 5) is 26.8. The van der Waals surface area contributed by atoms with Crippen LogP contribution in [0.1, 0.15) is 24.2 Å². The molecule has 1 N–H and O–H groups in total. The number of hydrogen-bond donors (Lipinski definition) is 1. The van der Waals surface area contributed by atoms with Gasteiger partial charge in [0.15, 0.2) is 0 Å². The van der Waals surface area contributed by atoms with Crippen LogP contribution in [0.5, 0.6) is 0 Å². The number of non-ortho nitro benzene ring substituents is 1. The first-order chi connectivity index (χ1) is 10.8. The standard InChI is InChI=1S/C15H20ClN3O4/c1-10-8-17(9-11(2)20)3-4-18(10)15(21)12-5-13(16)7-14(6-12)19(22)23/h5-7,10-11,20H,3-4,8-9H2,1-2H3/t10-,11+/m0/s1. The van der Waals surface area contributed by atoms with Crippen LogP contribution in [0.3, 0.4) is 0 Å². The van der Waals surface area contributed by atoms with E-state index in [2.05, 4.69) is 4.90 Å². The molecule has 0 aliphatic carbocycles. The quantitative estimate of drug-likeness (QED) is 0.666. The summed E-state index contributed by atoms with van der Waals surface area (Å²) in [5.74, 6) is -0.264. The van der Waals surface area contributed by atoms with E-state index in [4.69, 9.17) is 11.6 Å². The van der Waals surface area contributed by atoms with E-state index in [9.17, 15) is 20.0 Å². The highest BCUT2D eigenvalue weighted by Crippen LogP contribution is 2.23. The van der Waals surface area contributed by atoms with Gasteiger partial charge in [0.25, 0.3) is 11.6 Å². The molecule has 7 nitrogen and oxygen atoms in total. The highest BCUT2D eigenvalue weighted by Gasteiger charge is 2.29. The van der Waals surface area contributed by atoms with Crippen molar-refractivity contribution in [2.45, 2.75) is 26.0 Å². The van der Waals surface area contributed by atoms with Crippen LogP contribution in [0.15, 0.2) is 18.2 Å². The zero-order chi connectivity index (χ0) is 17.1. The fourth-order valence-corrected chi connectivity index (χ4v) is 3.07. The number of benzene rings is 1. The van der Waals surface area contributed by atoms with E-state index in [1.165, 1.54) is 18.2 Å². The molecular weight excluding hydrogens is 322 g/mol. The van der Waals surface area contributed by atoms with Crippen LogP contribution in [0.25, 0.3) is 0 Å². The number of β-amino-alcohol motifs (C(OH)–C–C–N with tert-alkyl or cyclic N) is 1. The van der Waals surface area contributed by atoms with Crippen LogP contribution in [0, 0.1) is 10.1 Å². The van der Waals surface area contributed by atoms with Gasteiger partial charge in [0.05, 0.1) is 11.0 Å². The molecule has 2 rings (SSSR count). The number of amides is 1. The largest absolute Gasteiger partial charge is 0.392 e. The Labute approximate surface area is 139 Å². The van der Waals surface area contributed by atoms with Gasteiger partial charge in [0.1, 0.15) is 0 Å². The lowest BCUT2D eigenvalue weighted by atomic mass is 10.1. The third-order valence-corrected chi connectivity index (χ3v) is 4.05. The van der Waals surface area contributed by atoms with Gasteiger partial charge in [-0.2, -0.15) is 0 Å². The van der Waals surface area contributed by atoms with E-state index in [0.29, 0.717) is 26.2 Å². The summed E-state index contributed by atoms with van der Waals surface area (Å²) in [6.45, 7) is 6.03. The maximum absolute atomic E-state index is 12.6. The number of rotatable bonds is 4. The van der Waals surface area contributed by atoms with E-state index >= 15 is 0 Å². The van der Waals surface area contributed by atoms with Gasteiger partial charge < -0.3 is 10.0 Å². The summed E-state index contributed by atoms with van der Waals surface area (Å²) in [6, 6.07) is 3.88. The molecule has 1 heterocycles. The smallest absolute Gasteiger partial charge is 0.271 e. The Morgan fingerprint density at radius 1 is 1.48 bits per heavy atom. The molecule has 1 fully saturated rings. The normalized spacial score (nSPS) is 20.3. The molecule has 0 spiro atoms. The van der Waals surface area contributed by atoms with Crippen molar-refractivity contribution in [3.63, 3.8) is 0 Å². The number of nitro benzene ring substituents is 1. The van der Waals surface area contributed by atoms with Crippen LogP contribution in [0.2, 0.25) is 5.02 Å². The van der Waals surface area contributed by atoms with Crippen molar-refractivity contribution in [3.8, 4) is 0 Å². The molecule has 0 aromatic heterocycles. The van der Waals surface area contributed by atoms with Crippen molar-refractivity contribution >= 4 is 23.2 Å². The monoisotopic (exact) mass is 341 g/mol. The average Bonchev–Trinajstić information content (AvgIpc) is 2.45. The summed E-state index contributed by atoms with van der Waals surface area (Å²) < 4.78 is 0. The van der Waals surface area contributed by atoms with Crippen LogP contribution in [0.4, 0.5) is 5.69 Å². The summed E-state index contributed by atoms with van der Waals surface area (Å²) >= 11 is 5.88. The number of nitro groups is 1. The highest BCUT2D eigenvalue weighted by molar-refractivity contribution is 6.31. The number of carbonyl (C=O) groups is 1. The minimum absolute atomic E-state index is 0.0481. The lowest BCUT2D eigenvalue weighted by Gasteiger charge is -2.40. The van der Waals surface area contributed by atoms with Gasteiger partial charge in [0.2, 0.25) is 0 Å². The lowest BCUT2D eigenvalue weighted by Crippen LogP contribution is -2.55. The summed E-state index contributed by atoms with van der Waals surface area (Å²) in [6.07, 6.45) is -0.417. The Hall–Kier alpha value is -1.70. The van der Waals surface area contributed by atoms with E-state index in [1.54, 1.807) is 11.8 Å². The molecule has 1 saturated heterocycles. The molecule has 1 amide bonds. The molecule has 1 aromatic rings. The number of carbonyl (C=O) groups excluding carboxylic acids is 1. The fraction of sp³-hybridized carbons (Fsp3) is 0.533. The average molecular weight is 342 g/mol. The van der Waals surface area contributed by atoms with Gasteiger partial charge in [-0.15, -0.1) is 0 Å². The lowest BCUT2D eigenvalue weighted by molar-refractivity contribution is -0.384. The number of nitrogens with zero attached hydrogens (tertiary/aromatic N) is 3. The fourth-order valence-electron chi connectivity index (χ4n) is 2.84. The summed E-state index contributed by atoms with van der Waals surface area (Å²) in [7, 11) is 0. The van der Waals surface area contributed by atoms with Crippen molar-refractivity contribution in [1.82, 2.24) is 9.80 Å². The predicted molar refractivity (Wildman–Crippen MR) is 86.7 cm³/mol. The van der Waals surface area contributed by atoms with Crippen LogP contribution >= 0.6 is 11.6 Å². The first-order valence-corrected chi connectivity index (χ1v) is 7.82. The molecule has 0 bridgehead atoms. The van der Waals surface area contributed by atoms with E-state index in [-0.39, 0.29) is 28.2 Å². The van der Waals surface area contributed by atoms with Gasteiger partial charge >= 0.3 is 0 Å². The zero-order valence-electron chi connectivity index (χ0n) is 13.1. The van der Waals surface area contributed by atoms with E-state index in [1.807, 2.05) is 6.92 Å². The molecule has 23 heavy (non-hydrogen) atoms. The Kier molecular flexibility index (Phi) is 5.56. The third kappa shape index (κ3) is 4.40. The van der Waals surface area contributed by atoms with Crippen molar-refractivity contribution in [1.29, 1.82) is 0 Å². The predicted octanol–water partition coefficient (Wildman–Crippen LogP) is 1.78. The molecule has 1 aromatic carbocycles. The van der Waals surface area contributed by atoms with Gasteiger partial charge in [-0.25, -0.2) is 0 Å². The molecule has 126 valence electrons. The van der Waals surface area contributed by atoms with Crippen LogP contribution in [-0.4, -0.2) is 64.1 Å². The first kappa shape index (κ1) is 17.7. The SMILES string of the molecule is C[C@@H](O)CN1CCN(C(=O)c2cc(Cl)cc([N+](=O)[O-])c2)[C@@H](C)C1. The first-order valence-electron chi connectivity index (χ1n) is 7.44. The number of aliphatic hydroxyl groups is 1. The Bertz CT molecular complexity index is 608. The Balaban J connectivity index is 2.14. The van der Waals surface area contributed by atoms with Crippen LogP contribution in [-0.2, 0) is 0 Å². The number of aliphatic hydroxyl groups excluding tert-OH is 1. The molecular formula is C15H20ClN3O4. The Morgan fingerprint density at radius 2 is 2.17 bits per heavy atom. The summed E-state index contributed by atoms with van der Waals surface area (Å²) in [5, 5.41) is 20.5. The molecule has 0 radical (unpaired) electrons. The summed E-state index contributed by atoms with van der Waals surface area (Å²) in [5.41, 5.74) is 0.0290. The second-order valence-corrected chi connectivity index (χ2v) is 6.35. The van der Waals surface area contributed by atoms with E-state index < -0.39 is 11.0 Å². The molecule has 0 saturated carbocycles. The topological polar surface area (TPSA) is 86.9 Å². The van der Waals surface area contributed by atoms with Crippen molar-refractivity contribution in [3.05, 3.63) is 38.9 Å². The highest BCUT2D eigenvalue weighted by atomic mass is 35.5. The van der Waals surface area contributed by atoms with Gasteiger partial charge in [0, 0.05) is 54.9 Å². The number of halogens is 1. The van der Waals surface area contributed by atoms with Crippen LogP contribution < -0.4 is 0 Å². The molecule has 0 unspecified atom stereocenters. The second-order valence-electron chi connectivity index (χ2n) is 5.91. The minimum atomic E-state index is -0.563. The molecule has 8 heteroatoms.